The Hall–Kier alpha value is -1.32. The first-order chi connectivity index (χ1) is 12.2. The van der Waals surface area contributed by atoms with Crippen LogP contribution in [-0.4, -0.2) is 45.9 Å². The van der Waals surface area contributed by atoms with E-state index in [1.807, 2.05) is 0 Å². The Bertz CT molecular complexity index is 628. The van der Waals surface area contributed by atoms with Crippen LogP contribution in [0.4, 0.5) is 13.2 Å². The minimum absolute atomic E-state index is 0.121. The Balaban J connectivity index is 2.74. The van der Waals surface area contributed by atoms with Crippen molar-refractivity contribution >= 4 is 10.0 Å². The van der Waals surface area contributed by atoms with E-state index in [1.165, 1.54) is 12.1 Å². The predicted octanol–water partition coefficient (Wildman–Crippen LogP) is 3.77. The van der Waals surface area contributed by atoms with Crippen molar-refractivity contribution in [1.82, 2.24) is 9.62 Å². The number of rotatable bonds is 12. The number of halogens is 3. The molecular formula is C17H27F3N2O3S. The van der Waals surface area contributed by atoms with Gasteiger partial charge in [-0.1, -0.05) is 38.8 Å². The molecule has 0 unspecified atom stereocenters. The van der Waals surface area contributed by atoms with Gasteiger partial charge in [-0.2, -0.15) is 0 Å². The third kappa shape index (κ3) is 8.37. The third-order valence-electron chi connectivity index (χ3n) is 3.74. The van der Waals surface area contributed by atoms with Gasteiger partial charge in [0, 0.05) is 13.1 Å². The zero-order chi connectivity index (χ0) is 19.6. The smallest absolute Gasteiger partial charge is 0.404 e. The second kappa shape index (κ2) is 10.7. The molecule has 0 amide bonds. The van der Waals surface area contributed by atoms with E-state index in [0.717, 1.165) is 50.9 Å². The van der Waals surface area contributed by atoms with Crippen LogP contribution in [0.3, 0.4) is 0 Å². The second-order valence-electron chi connectivity index (χ2n) is 5.94. The lowest BCUT2D eigenvalue weighted by atomic mass is 10.2. The predicted molar refractivity (Wildman–Crippen MR) is 94.6 cm³/mol. The lowest BCUT2D eigenvalue weighted by Gasteiger charge is -2.22. The molecule has 1 aromatic carbocycles. The SMILES string of the molecule is CCCCN(CCCC)CCNS(=O)(=O)c1ccccc1OC(F)(F)F. The number of benzene rings is 1. The van der Waals surface area contributed by atoms with Gasteiger partial charge in [0.15, 0.2) is 0 Å². The van der Waals surface area contributed by atoms with Crippen molar-refractivity contribution in [2.24, 2.45) is 0 Å². The molecule has 0 bridgehead atoms. The summed E-state index contributed by atoms with van der Waals surface area (Å²) in [6.45, 7) is 6.52. The van der Waals surface area contributed by atoms with Crippen LogP contribution in [0.2, 0.25) is 0 Å². The van der Waals surface area contributed by atoms with Gasteiger partial charge in [0.25, 0.3) is 0 Å². The molecule has 0 heterocycles. The van der Waals surface area contributed by atoms with E-state index in [-0.39, 0.29) is 6.54 Å². The summed E-state index contributed by atoms with van der Waals surface area (Å²) in [7, 11) is -4.10. The average Bonchev–Trinajstić information content (AvgIpc) is 2.55. The fraction of sp³-hybridized carbons (Fsp3) is 0.647. The standard InChI is InChI=1S/C17H27F3N2O3S/c1-3-5-12-22(13-6-4-2)14-11-21-26(23,24)16-10-8-7-9-15(16)25-17(18,19)20/h7-10,21H,3-6,11-14H2,1-2H3. The number of nitrogens with one attached hydrogen (secondary N) is 1. The van der Waals surface area contributed by atoms with Crippen LogP contribution in [-0.2, 0) is 10.0 Å². The highest BCUT2D eigenvalue weighted by molar-refractivity contribution is 7.89. The zero-order valence-electron chi connectivity index (χ0n) is 15.2. The van der Waals surface area contributed by atoms with Gasteiger partial charge in [-0.05, 0) is 38.1 Å². The molecule has 0 aliphatic rings. The summed E-state index contributed by atoms with van der Waals surface area (Å²) in [4.78, 5) is 1.64. The van der Waals surface area contributed by atoms with Crippen LogP contribution >= 0.6 is 0 Å². The van der Waals surface area contributed by atoms with Gasteiger partial charge in [-0.15, -0.1) is 13.2 Å². The average molecular weight is 396 g/mol. The van der Waals surface area contributed by atoms with E-state index in [4.69, 9.17) is 0 Å². The van der Waals surface area contributed by atoms with E-state index in [9.17, 15) is 21.6 Å². The maximum Gasteiger partial charge on any atom is 0.573 e. The summed E-state index contributed by atoms with van der Waals surface area (Å²) in [5.41, 5.74) is 0. The topological polar surface area (TPSA) is 58.6 Å². The molecule has 0 spiro atoms. The Morgan fingerprint density at radius 2 is 1.62 bits per heavy atom. The Kier molecular flexibility index (Phi) is 9.38. The highest BCUT2D eigenvalue weighted by Crippen LogP contribution is 2.29. The van der Waals surface area contributed by atoms with Crippen LogP contribution in [0.5, 0.6) is 5.75 Å². The second-order valence-corrected chi connectivity index (χ2v) is 7.68. The number of alkyl halides is 3. The molecule has 0 atom stereocenters. The number of sulfonamides is 1. The van der Waals surface area contributed by atoms with Crippen molar-refractivity contribution in [2.75, 3.05) is 26.2 Å². The molecule has 0 radical (unpaired) electrons. The van der Waals surface area contributed by atoms with Crippen LogP contribution in [0.15, 0.2) is 29.2 Å². The number of hydrogen-bond acceptors (Lipinski definition) is 4. The zero-order valence-corrected chi connectivity index (χ0v) is 16.0. The summed E-state index contributed by atoms with van der Waals surface area (Å²) >= 11 is 0. The fourth-order valence-corrected chi connectivity index (χ4v) is 3.54. The van der Waals surface area contributed by atoms with Crippen molar-refractivity contribution in [3.05, 3.63) is 24.3 Å². The highest BCUT2D eigenvalue weighted by Gasteiger charge is 2.33. The molecule has 0 fully saturated rings. The number of hydrogen-bond donors (Lipinski definition) is 1. The van der Waals surface area contributed by atoms with E-state index < -0.39 is 27.0 Å². The molecule has 9 heteroatoms. The van der Waals surface area contributed by atoms with Gasteiger partial charge in [0.05, 0.1) is 0 Å². The molecule has 1 rings (SSSR count). The summed E-state index contributed by atoms with van der Waals surface area (Å²) in [6.07, 6.45) is -0.854. The molecule has 0 saturated heterocycles. The van der Waals surface area contributed by atoms with Crippen LogP contribution in [0, 0.1) is 0 Å². The fourth-order valence-electron chi connectivity index (χ4n) is 2.40. The van der Waals surface area contributed by atoms with Gasteiger partial charge in [0.2, 0.25) is 10.0 Å². The lowest BCUT2D eigenvalue weighted by molar-refractivity contribution is -0.275. The molecule has 1 aromatic rings. The quantitative estimate of drug-likeness (QED) is 0.584. The summed E-state index contributed by atoms with van der Waals surface area (Å²) in [5, 5.41) is 0. The Morgan fingerprint density at radius 3 is 2.15 bits per heavy atom. The normalized spacial score (nSPS) is 12.5. The highest BCUT2D eigenvalue weighted by atomic mass is 32.2. The van der Waals surface area contributed by atoms with Crippen LogP contribution in [0.1, 0.15) is 39.5 Å². The molecule has 0 aliphatic heterocycles. The van der Waals surface area contributed by atoms with Crippen molar-refractivity contribution in [3.63, 3.8) is 0 Å². The molecule has 5 nitrogen and oxygen atoms in total. The first-order valence-electron chi connectivity index (χ1n) is 8.76. The van der Waals surface area contributed by atoms with E-state index in [0.29, 0.717) is 6.54 Å². The Morgan fingerprint density at radius 1 is 1.04 bits per heavy atom. The van der Waals surface area contributed by atoms with Crippen molar-refractivity contribution in [1.29, 1.82) is 0 Å². The largest absolute Gasteiger partial charge is 0.573 e. The van der Waals surface area contributed by atoms with Gasteiger partial charge in [-0.3, -0.25) is 0 Å². The van der Waals surface area contributed by atoms with Crippen molar-refractivity contribution < 1.29 is 26.3 Å². The van der Waals surface area contributed by atoms with Crippen molar-refractivity contribution in [3.8, 4) is 5.75 Å². The van der Waals surface area contributed by atoms with E-state index >= 15 is 0 Å². The summed E-state index contributed by atoms with van der Waals surface area (Å²) < 4.78 is 68.3. The van der Waals surface area contributed by atoms with Gasteiger partial charge in [-0.25, -0.2) is 13.1 Å². The monoisotopic (exact) mass is 396 g/mol. The van der Waals surface area contributed by atoms with Gasteiger partial charge < -0.3 is 9.64 Å². The molecule has 150 valence electrons. The van der Waals surface area contributed by atoms with Gasteiger partial charge >= 0.3 is 6.36 Å². The van der Waals surface area contributed by atoms with E-state index in [1.54, 1.807) is 0 Å². The third-order valence-corrected chi connectivity index (χ3v) is 5.24. The minimum Gasteiger partial charge on any atom is -0.404 e. The molecule has 0 saturated carbocycles. The number of unbranched alkanes of at least 4 members (excludes halogenated alkanes) is 2. The summed E-state index contributed by atoms with van der Waals surface area (Å²) in [6, 6.07) is 4.72. The van der Waals surface area contributed by atoms with Crippen LogP contribution in [0.25, 0.3) is 0 Å². The minimum atomic E-state index is -4.96. The molecular weight excluding hydrogens is 369 g/mol. The molecule has 26 heavy (non-hydrogen) atoms. The van der Waals surface area contributed by atoms with Crippen molar-refractivity contribution in [2.45, 2.75) is 50.8 Å². The maximum atomic E-state index is 12.5. The molecule has 1 N–H and O–H groups in total. The lowest BCUT2D eigenvalue weighted by Crippen LogP contribution is -2.36. The first kappa shape index (κ1) is 22.7. The number of ether oxygens (including phenoxy) is 1. The molecule has 0 aliphatic carbocycles. The number of nitrogens with zero attached hydrogens (tertiary/aromatic N) is 1. The van der Waals surface area contributed by atoms with E-state index in [2.05, 4.69) is 28.2 Å². The maximum absolute atomic E-state index is 12.5. The van der Waals surface area contributed by atoms with Gasteiger partial charge in [0.1, 0.15) is 10.6 Å². The first-order valence-corrected chi connectivity index (χ1v) is 10.2. The number of para-hydroxylation sites is 1. The Labute approximate surface area is 153 Å². The summed E-state index contributed by atoms with van der Waals surface area (Å²) in [5.74, 6) is -0.735. The molecule has 0 aromatic heterocycles. The van der Waals surface area contributed by atoms with Crippen LogP contribution < -0.4 is 9.46 Å².